The van der Waals surface area contributed by atoms with Crippen LogP contribution in [-0.2, 0) is 0 Å². The minimum atomic E-state index is 0.637. The minimum Gasteiger partial charge on any atom is -0.0761 e. The van der Waals surface area contributed by atoms with Gasteiger partial charge in [-0.15, -0.1) is 0 Å². The van der Waals surface area contributed by atoms with E-state index in [1.807, 2.05) is 0 Å². The van der Waals surface area contributed by atoms with Crippen molar-refractivity contribution in [3.63, 3.8) is 0 Å². The summed E-state index contributed by atoms with van der Waals surface area (Å²) in [4.78, 5) is 0. The fourth-order valence-electron chi connectivity index (χ4n) is 4.40. The molecule has 0 radical (unpaired) electrons. The van der Waals surface area contributed by atoms with E-state index in [0.717, 1.165) is 17.8 Å². The summed E-state index contributed by atoms with van der Waals surface area (Å²) in [5.74, 6) is 2.52. The number of hydrogen-bond acceptors (Lipinski definition) is 0. The highest BCUT2D eigenvalue weighted by atomic mass is 14.8. The Labute approximate surface area is 79.0 Å². The van der Waals surface area contributed by atoms with Crippen molar-refractivity contribution < 1.29 is 0 Å². The van der Waals surface area contributed by atoms with Gasteiger partial charge in [0.25, 0.3) is 0 Å². The van der Waals surface area contributed by atoms with E-state index in [1.165, 1.54) is 0 Å². The maximum Gasteiger partial charge on any atom is 0.0193 e. The van der Waals surface area contributed by atoms with Crippen molar-refractivity contribution in [3.05, 3.63) is 34.4 Å². The van der Waals surface area contributed by atoms with E-state index in [4.69, 9.17) is 0 Å². The molecule has 1 fully saturated rings. The van der Waals surface area contributed by atoms with Gasteiger partial charge >= 0.3 is 0 Å². The summed E-state index contributed by atoms with van der Waals surface area (Å²) in [7, 11) is 0. The summed E-state index contributed by atoms with van der Waals surface area (Å²) in [6, 6.07) is 0. The molecule has 0 heteroatoms. The predicted molar refractivity (Wildman–Crippen MR) is 53.1 cm³/mol. The molecule has 0 aromatic heterocycles. The Hall–Kier alpha value is -0.780. The molecule has 4 aliphatic rings. The van der Waals surface area contributed by atoms with Crippen LogP contribution in [0.5, 0.6) is 0 Å². The maximum atomic E-state index is 2.43. The lowest BCUT2D eigenvalue weighted by Crippen LogP contribution is -2.29. The van der Waals surface area contributed by atoms with Crippen LogP contribution in [-0.4, -0.2) is 0 Å². The van der Waals surface area contributed by atoms with Gasteiger partial charge in [0.1, 0.15) is 0 Å². The average Bonchev–Trinajstić information content (AvgIpc) is 2.38. The van der Waals surface area contributed by atoms with Crippen molar-refractivity contribution in [3.8, 4) is 0 Å². The van der Waals surface area contributed by atoms with E-state index in [9.17, 15) is 0 Å². The quantitative estimate of drug-likeness (QED) is 0.490. The third kappa shape index (κ3) is 0.378. The smallest absolute Gasteiger partial charge is 0.0193 e. The molecule has 0 aliphatic heterocycles. The second-order valence-electron chi connectivity index (χ2n) is 5.16. The van der Waals surface area contributed by atoms with E-state index in [1.54, 1.807) is 22.3 Å². The third-order valence-electron chi connectivity index (χ3n) is 5.20. The Balaban J connectivity index is 1.98. The van der Waals surface area contributed by atoms with E-state index in [0.29, 0.717) is 5.41 Å². The van der Waals surface area contributed by atoms with Crippen LogP contribution >= 0.6 is 0 Å². The molecule has 0 heterocycles. The van der Waals surface area contributed by atoms with Crippen molar-refractivity contribution in [2.24, 2.45) is 23.2 Å². The van der Waals surface area contributed by atoms with E-state index < -0.39 is 0 Å². The lowest BCUT2D eigenvalue weighted by molar-refractivity contribution is 0.309. The molecule has 1 saturated carbocycles. The van der Waals surface area contributed by atoms with Crippen molar-refractivity contribution in [1.82, 2.24) is 0 Å². The largest absolute Gasteiger partial charge is 0.0761 e. The first kappa shape index (κ1) is 6.64. The van der Waals surface area contributed by atoms with Gasteiger partial charge < -0.3 is 0 Å². The maximum absolute atomic E-state index is 2.43. The standard InChI is InChI=1S/C13H14/c1-6-7(2)11-9-4-5-10-12(9)13(10,11)8(6)3/h4-5,8,10-11H,1-3H3/t8-,10?,11?,13?/m0/s1. The van der Waals surface area contributed by atoms with Crippen molar-refractivity contribution in [2.75, 3.05) is 0 Å². The van der Waals surface area contributed by atoms with Gasteiger partial charge in [0.15, 0.2) is 0 Å². The molecule has 0 aromatic carbocycles. The Morgan fingerprint density at radius 1 is 1.23 bits per heavy atom. The fraction of sp³-hybridized carbons (Fsp3) is 0.538. The topological polar surface area (TPSA) is 0 Å². The highest BCUT2D eigenvalue weighted by Gasteiger charge is 2.78. The zero-order chi connectivity index (χ0) is 8.96. The molecule has 0 aromatic rings. The molecule has 0 N–H and O–H groups in total. The Bertz CT molecular complexity index is 433. The Kier molecular flexibility index (Phi) is 0.752. The number of allylic oxidation sites excluding steroid dienone is 6. The van der Waals surface area contributed by atoms with Gasteiger partial charge in [0.2, 0.25) is 0 Å². The molecule has 0 bridgehead atoms. The van der Waals surface area contributed by atoms with Crippen LogP contribution in [0.25, 0.3) is 0 Å². The van der Waals surface area contributed by atoms with Gasteiger partial charge in [-0.1, -0.05) is 30.2 Å². The van der Waals surface area contributed by atoms with Gasteiger partial charge in [0, 0.05) is 17.3 Å². The second kappa shape index (κ2) is 1.47. The van der Waals surface area contributed by atoms with Crippen LogP contribution in [0.1, 0.15) is 20.8 Å². The van der Waals surface area contributed by atoms with Crippen LogP contribution in [0.15, 0.2) is 34.4 Å². The second-order valence-corrected chi connectivity index (χ2v) is 5.16. The number of rotatable bonds is 0. The summed E-state index contributed by atoms with van der Waals surface area (Å²) in [6.07, 6.45) is 4.81. The summed E-state index contributed by atoms with van der Waals surface area (Å²) in [5, 5.41) is 0. The molecule has 4 atom stereocenters. The van der Waals surface area contributed by atoms with Gasteiger partial charge in [-0.2, -0.15) is 0 Å². The first-order chi connectivity index (χ1) is 6.20. The molecule has 0 saturated heterocycles. The van der Waals surface area contributed by atoms with Crippen molar-refractivity contribution >= 4 is 0 Å². The predicted octanol–water partition coefficient (Wildman–Crippen LogP) is 3.08. The van der Waals surface area contributed by atoms with E-state index in [-0.39, 0.29) is 0 Å². The molecule has 66 valence electrons. The monoisotopic (exact) mass is 170 g/mol. The van der Waals surface area contributed by atoms with Crippen LogP contribution in [0.4, 0.5) is 0 Å². The molecular formula is C13H14. The Morgan fingerprint density at radius 2 is 2.00 bits per heavy atom. The summed E-state index contributed by atoms with van der Waals surface area (Å²) in [6.45, 7) is 7.11. The van der Waals surface area contributed by atoms with Crippen LogP contribution in [0, 0.1) is 23.2 Å². The molecule has 3 unspecified atom stereocenters. The van der Waals surface area contributed by atoms with Crippen molar-refractivity contribution in [1.29, 1.82) is 0 Å². The third-order valence-corrected chi connectivity index (χ3v) is 5.20. The highest BCUT2D eigenvalue weighted by Crippen LogP contribution is 2.85. The Morgan fingerprint density at radius 3 is 2.62 bits per heavy atom. The number of fused-ring (bicyclic) bond motifs is 1. The normalized spacial score (nSPS) is 53.9. The van der Waals surface area contributed by atoms with Crippen LogP contribution in [0.2, 0.25) is 0 Å². The van der Waals surface area contributed by atoms with Gasteiger partial charge in [-0.05, 0) is 30.9 Å². The van der Waals surface area contributed by atoms with E-state index >= 15 is 0 Å². The van der Waals surface area contributed by atoms with Gasteiger partial charge in [0.05, 0.1) is 0 Å². The van der Waals surface area contributed by atoms with Crippen LogP contribution in [0.3, 0.4) is 0 Å². The molecule has 4 rings (SSSR count). The van der Waals surface area contributed by atoms with Gasteiger partial charge in [-0.3, -0.25) is 0 Å². The molecule has 0 nitrogen and oxygen atoms in total. The fourth-order valence-corrected chi connectivity index (χ4v) is 4.40. The lowest BCUT2D eigenvalue weighted by atomic mass is 9.68. The first-order valence-electron chi connectivity index (χ1n) is 5.30. The SMILES string of the molecule is CC1=C(C)[C@H](C)C23C4=C(C=CC42)C13. The first-order valence-corrected chi connectivity index (χ1v) is 5.30. The molecular weight excluding hydrogens is 156 g/mol. The minimum absolute atomic E-state index is 0.637. The van der Waals surface area contributed by atoms with Gasteiger partial charge in [-0.25, -0.2) is 0 Å². The number of hydrogen-bond donors (Lipinski definition) is 0. The summed E-state index contributed by atoms with van der Waals surface area (Å²) >= 11 is 0. The molecule has 0 amide bonds. The molecule has 4 aliphatic carbocycles. The summed E-state index contributed by atoms with van der Waals surface area (Å²) in [5.41, 5.74) is 7.48. The summed E-state index contributed by atoms with van der Waals surface area (Å²) < 4.78 is 0. The van der Waals surface area contributed by atoms with Crippen molar-refractivity contribution in [2.45, 2.75) is 20.8 Å². The lowest BCUT2D eigenvalue weighted by Gasteiger charge is -2.35. The molecule has 13 heavy (non-hydrogen) atoms. The average molecular weight is 170 g/mol. The van der Waals surface area contributed by atoms with Crippen LogP contribution < -0.4 is 0 Å². The zero-order valence-electron chi connectivity index (χ0n) is 8.39. The molecule has 1 spiro atoms. The highest BCUT2D eigenvalue weighted by molar-refractivity contribution is 5.73. The zero-order valence-corrected chi connectivity index (χ0v) is 8.39. The van der Waals surface area contributed by atoms with E-state index in [2.05, 4.69) is 32.9 Å².